The molecule has 0 amide bonds. The molecule has 1 aliphatic rings. The first-order valence-corrected chi connectivity index (χ1v) is 5.27. The highest BCUT2D eigenvalue weighted by atomic mass is 16.6. The molecular weight excluding hydrogens is 222 g/mol. The van der Waals surface area contributed by atoms with Crippen LogP contribution in [0.3, 0.4) is 0 Å². The quantitative estimate of drug-likeness (QED) is 0.455. The molecule has 1 aromatic carbocycles. The van der Waals surface area contributed by atoms with Crippen molar-refractivity contribution in [2.45, 2.75) is 13.3 Å². The normalized spacial score (nSPS) is 12.9. The maximum atomic E-state index is 11.5. The van der Waals surface area contributed by atoms with E-state index in [0.29, 0.717) is 18.6 Å². The smallest absolute Gasteiger partial charge is 0.334 e. The van der Waals surface area contributed by atoms with Gasteiger partial charge >= 0.3 is 5.97 Å². The predicted molar refractivity (Wildman–Crippen MR) is 61.4 cm³/mol. The fraction of sp³-hybridized carbons (Fsp3) is 0.250. The number of fused-ring (bicyclic) bond motifs is 1. The zero-order valence-corrected chi connectivity index (χ0v) is 9.30. The summed E-state index contributed by atoms with van der Waals surface area (Å²) in [6, 6.07) is 4.60. The first kappa shape index (κ1) is 11.3. The van der Waals surface area contributed by atoms with Crippen molar-refractivity contribution in [3.63, 3.8) is 0 Å². The number of carbonyl (C=O) groups is 1. The lowest BCUT2D eigenvalue weighted by Gasteiger charge is -2.01. The molecule has 0 aliphatic heterocycles. The Labute approximate surface area is 97.9 Å². The summed E-state index contributed by atoms with van der Waals surface area (Å²) in [4.78, 5) is 21.7. The summed E-state index contributed by atoms with van der Waals surface area (Å²) in [5.41, 5.74) is 2.22. The van der Waals surface area contributed by atoms with Crippen LogP contribution in [0.2, 0.25) is 0 Å². The Hall–Kier alpha value is -2.17. The maximum absolute atomic E-state index is 11.5. The van der Waals surface area contributed by atoms with E-state index in [1.54, 1.807) is 19.1 Å². The lowest BCUT2D eigenvalue weighted by molar-refractivity contribution is -0.384. The Morgan fingerprint density at radius 1 is 1.53 bits per heavy atom. The van der Waals surface area contributed by atoms with Crippen LogP contribution in [0.4, 0.5) is 5.69 Å². The molecule has 5 nitrogen and oxygen atoms in total. The summed E-state index contributed by atoms with van der Waals surface area (Å²) in [5, 5.41) is 10.6. The van der Waals surface area contributed by atoms with Crippen LogP contribution in [0.1, 0.15) is 18.1 Å². The molecule has 0 unspecified atom stereocenters. The molecule has 0 radical (unpaired) electrons. The van der Waals surface area contributed by atoms with E-state index in [9.17, 15) is 14.9 Å². The van der Waals surface area contributed by atoms with Gasteiger partial charge in [-0.3, -0.25) is 10.1 Å². The Bertz CT molecular complexity index is 519. The Morgan fingerprint density at radius 2 is 2.29 bits per heavy atom. The van der Waals surface area contributed by atoms with Gasteiger partial charge in [0.15, 0.2) is 0 Å². The van der Waals surface area contributed by atoms with E-state index in [1.807, 2.05) is 0 Å². The van der Waals surface area contributed by atoms with E-state index in [4.69, 9.17) is 4.74 Å². The molecule has 88 valence electrons. The van der Waals surface area contributed by atoms with Crippen LogP contribution in [-0.2, 0) is 16.0 Å². The first-order valence-electron chi connectivity index (χ1n) is 5.27. The molecule has 1 aliphatic carbocycles. The van der Waals surface area contributed by atoms with Gasteiger partial charge in [-0.15, -0.1) is 0 Å². The Morgan fingerprint density at radius 3 is 2.94 bits per heavy atom. The van der Waals surface area contributed by atoms with Gasteiger partial charge in [-0.1, -0.05) is 6.07 Å². The third-order valence-corrected chi connectivity index (χ3v) is 2.59. The molecule has 0 saturated heterocycles. The first-order chi connectivity index (χ1) is 8.11. The van der Waals surface area contributed by atoms with Crippen molar-refractivity contribution in [3.8, 4) is 0 Å². The molecule has 1 aromatic rings. The highest BCUT2D eigenvalue weighted by Crippen LogP contribution is 2.28. The predicted octanol–water partition coefficient (Wildman–Crippen LogP) is 2.10. The van der Waals surface area contributed by atoms with E-state index < -0.39 is 4.92 Å². The Balaban J connectivity index is 2.27. The topological polar surface area (TPSA) is 69.4 Å². The van der Waals surface area contributed by atoms with Crippen molar-refractivity contribution in [1.82, 2.24) is 0 Å². The van der Waals surface area contributed by atoms with E-state index in [-0.39, 0.29) is 11.7 Å². The van der Waals surface area contributed by atoms with Crippen molar-refractivity contribution in [1.29, 1.82) is 0 Å². The van der Waals surface area contributed by atoms with E-state index >= 15 is 0 Å². The average molecular weight is 233 g/mol. The number of nitro benzene ring substituents is 1. The minimum Gasteiger partial charge on any atom is -0.463 e. The van der Waals surface area contributed by atoms with Gasteiger partial charge in [0, 0.05) is 24.1 Å². The molecule has 0 fully saturated rings. The third-order valence-electron chi connectivity index (χ3n) is 2.59. The highest BCUT2D eigenvalue weighted by molar-refractivity contribution is 5.96. The number of nitro groups is 1. The van der Waals surface area contributed by atoms with Crippen LogP contribution in [0.5, 0.6) is 0 Å². The fourth-order valence-corrected chi connectivity index (χ4v) is 1.79. The van der Waals surface area contributed by atoms with Crippen molar-refractivity contribution in [2.24, 2.45) is 0 Å². The van der Waals surface area contributed by atoms with Gasteiger partial charge in [0.2, 0.25) is 0 Å². The summed E-state index contributed by atoms with van der Waals surface area (Å²) in [5.74, 6) is -0.355. The van der Waals surface area contributed by atoms with Crippen molar-refractivity contribution >= 4 is 17.7 Å². The van der Waals surface area contributed by atoms with Gasteiger partial charge in [0.25, 0.3) is 5.69 Å². The molecule has 17 heavy (non-hydrogen) atoms. The average Bonchev–Trinajstić information content (AvgIpc) is 2.71. The van der Waals surface area contributed by atoms with Gasteiger partial charge in [0.1, 0.15) is 0 Å². The standard InChI is InChI=1S/C12H11NO4/c1-2-17-12(14)10-5-8-3-4-11(13(15)16)7-9(8)6-10/h3-4,6-7H,2,5H2,1H3. The maximum Gasteiger partial charge on any atom is 0.334 e. The van der Waals surface area contributed by atoms with Crippen LogP contribution < -0.4 is 0 Å². The number of non-ortho nitro benzene ring substituents is 1. The van der Waals surface area contributed by atoms with Crippen LogP contribution in [0.15, 0.2) is 23.8 Å². The molecule has 5 heteroatoms. The number of ether oxygens (including phenoxy) is 1. The summed E-state index contributed by atoms with van der Waals surface area (Å²) < 4.78 is 4.89. The number of nitrogens with zero attached hydrogens (tertiary/aromatic N) is 1. The van der Waals surface area contributed by atoms with Gasteiger partial charge in [-0.25, -0.2) is 4.79 Å². The number of rotatable bonds is 3. The van der Waals surface area contributed by atoms with Crippen molar-refractivity contribution in [3.05, 3.63) is 45.0 Å². The molecule has 0 atom stereocenters. The van der Waals surface area contributed by atoms with E-state index in [1.165, 1.54) is 12.1 Å². The minimum absolute atomic E-state index is 0.0325. The van der Waals surface area contributed by atoms with Crippen LogP contribution in [0.25, 0.3) is 6.08 Å². The van der Waals surface area contributed by atoms with Gasteiger partial charge < -0.3 is 4.74 Å². The lowest BCUT2D eigenvalue weighted by Crippen LogP contribution is -2.07. The number of carbonyl (C=O) groups excluding carboxylic acids is 1. The highest BCUT2D eigenvalue weighted by Gasteiger charge is 2.21. The van der Waals surface area contributed by atoms with Gasteiger partial charge in [-0.2, -0.15) is 0 Å². The van der Waals surface area contributed by atoms with Crippen LogP contribution in [0, 0.1) is 10.1 Å². The second kappa shape index (κ2) is 4.37. The minimum atomic E-state index is -0.448. The molecule has 0 bridgehead atoms. The number of esters is 1. The third kappa shape index (κ3) is 2.18. The molecular formula is C12H11NO4. The second-order valence-electron chi connectivity index (χ2n) is 3.71. The van der Waals surface area contributed by atoms with Gasteiger partial charge in [-0.05, 0) is 24.1 Å². The molecule has 0 spiro atoms. The monoisotopic (exact) mass is 233 g/mol. The molecule has 0 heterocycles. The van der Waals surface area contributed by atoms with Crippen LogP contribution >= 0.6 is 0 Å². The number of hydrogen-bond donors (Lipinski definition) is 0. The zero-order chi connectivity index (χ0) is 12.4. The van der Waals surface area contributed by atoms with Crippen molar-refractivity contribution < 1.29 is 14.5 Å². The lowest BCUT2D eigenvalue weighted by atomic mass is 10.1. The molecule has 2 rings (SSSR count). The number of benzene rings is 1. The summed E-state index contributed by atoms with van der Waals surface area (Å²) in [6.07, 6.45) is 2.13. The Kier molecular flexibility index (Phi) is 2.91. The summed E-state index contributed by atoms with van der Waals surface area (Å²) in [6.45, 7) is 2.07. The SMILES string of the molecule is CCOC(=O)C1=Cc2cc([N+](=O)[O-])ccc2C1. The van der Waals surface area contributed by atoms with Crippen LogP contribution in [-0.4, -0.2) is 17.5 Å². The summed E-state index contributed by atoms with van der Waals surface area (Å²) in [7, 11) is 0. The molecule has 0 N–H and O–H groups in total. The number of hydrogen-bond acceptors (Lipinski definition) is 4. The largest absolute Gasteiger partial charge is 0.463 e. The second-order valence-corrected chi connectivity index (χ2v) is 3.71. The fourth-order valence-electron chi connectivity index (χ4n) is 1.79. The zero-order valence-electron chi connectivity index (χ0n) is 9.30. The molecule has 0 saturated carbocycles. The van der Waals surface area contributed by atoms with E-state index in [2.05, 4.69) is 0 Å². The van der Waals surface area contributed by atoms with E-state index in [0.717, 1.165) is 11.1 Å². The van der Waals surface area contributed by atoms with Crippen molar-refractivity contribution in [2.75, 3.05) is 6.61 Å². The molecule has 0 aromatic heterocycles. The van der Waals surface area contributed by atoms with Gasteiger partial charge in [0.05, 0.1) is 11.5 Å². The summed E-state index contributed by atoms with van der Waals surface area (Å²) >= 11 is 0.